The first-order valence-electron chi connectivity index (χ1n) is 8.76. The summed E-state index contributed by atoms with van der Waals surface area (Å²) in [6.45, 7) is 0.938. The molecule has 0 bridgehead atoms. The summed E-state index contributed by atoms with van der Waals surface area (Å²) in [4.78, 5) is 12.6. The predicted molar refractivity (Wildman–Crippen MR) is 111 cm³/mol. The Labute approximate surface area is 160 Å². The van der Waals surface area contributed by atoms with Gasteiger partial charge in [-0.05, 0) is 41.6 Å². The van der Waals surface area contributed by atoms with Gasteiger partial charge in [-0.1, -0.05) is 30.3 Å². The second-order valence-corrected chi connectivity index (χ2v) is 7.15. The minimum atomic E-state index is -0.206. The summed E-state index contributed by atoms with van der Waals surface area (Å²) in [7, 11) is 0. The van der Waals surface area contributed by atoms with Gasteiger partial charge in [-0.2, -0.15) is 5.10 Å². The molecule has 0 aliphatic heterocycles. The van der Waals surface area contributed by atoms with Crippen LogP contribution in [0.4, 0.5) is 0 Å². The normalized spacial score (nSPS) is 11.6. The van der Waals surface area contributed by atoms with Crippen LogP contribution in [-0.2, 0) is 6.54 Å². The number of aliphatic hydroxyl groups is 1. The number of nitrogens with zero attached hydrogens (tertiary/aromatic N) is 2. The fourth-order valence-corrected chi connectivity index (χ4v) is 3.86. The summed E-state index contributed by atoms with van der Waals surface area (Å²) in [6.07, 6.45) is 2.37. The summed E-state index contributed by atoms with van der Waals surface area (Å²) >= 11 is 1.38. The van der Waals surface area contributed by atoms with Crippen molar-refractivity contribution in [3.8, 4) is 0 Å². The number of hydrogen-bond donors (Lipinski definition) is 2. The van der Waals surface area contributed by atoms with Crippen molar-refractivity contribution in [2.45, 2.75) is 13.0 Å². The molecule has 5 nitrogen and oxygen atoms in total. The number of hydrogen-bond acceptors (Lipinski definition) is 4. The summed E-state index contributed by atoms with van der Waals surface area (Å²) in [5.41, 5.74) is 5.76. The Hall–Kier alpha value is -2.96. The van der Waals surface area contributed by atoms with Crippen LogP contribution in [0.5, 0.6) is 0 Å². The lowest BCUT2D eigenvalue weighted by molar-refractivity contribution is 0.0959. The molecule has 0 unspecified atom stereocenters. The molecule has 6 heteroatoms. The lowest BCUT2D eigenvalue weighted by Gasteiger charge is -2.06. The Kier molecular flexibility index (Phi) is 5.00. The Balaban J connectivity index is 1.65. The SMILES string of the molecule is O=C(N/N=C/c1ccc2c(c1)c1ccccc1n2CCCO)c1cccs1. The zero-order chi connectivity index (χ0) is 18.6. The number of carbonyl (C=O) groups excluding carboxylic acids is 1. The minimum absolute atomic E-state index is 0.169. The maximum absolute atomic E-state index is 11.9. The first kappa shape index (κ1) is 17.5. The highest BCUT2D eigenvalue weighted by Gasteiger charge is 2.10. The van der Waals surface area contributed by atoms with E-state index in [1.165, 1.54) is 16.7 Å². The number of aryl methyl sites for hydroxylation is 1. The van der Waals surface area contributed by atoms with Crippen molar-refractivity contribution in [1.29, 1.82) is 0 Å². The molecule has 0 saturated carbocycles. The minimum Gasteiger partial charge on any atom is -0.396 e. The van der Waals surface area contributed by atoms with Gasteiger partial charge in [0.25, 0.3) is 5.91 Å². The van der Waals surface area contributed by atoms with Crippen molar-refractivity contribution in [3.63, 3.8) is 0 Å². The van der Waals surface area contributed by atoms with E-state index in [0.29, 0.717) is 11.3 Å². The van der Waals surface area contributed by atoms with Crippen LogP contribution in [0.25, 0.3) is 21.8 Å². The fraction of sp³-hybridized carbons (Fsp3) is 0.143. The number of rotatable bonds is 6. The standard InChI is InChI=1S/C21H19N3O2S/c25-11-4-10-24-18-6-2-1-5-16(18)17-13-15(8-9-19(17)24)14-22-23-21(26)20-7-3-12-27-20/h1-3,5-9,12-14,25H,4,10-11H2,(H,23,26)/b22-14+. The average molecular weight is 377 g/mol. The van der Waals surface area contributed by atoms with Crippen molar-refractivity contribution in [2.75, 3.05) is 6.61 Å². The van der Waals surface area contributed by atoms with E-state index in [1.54, 1.807) is 12.3 Å². The maximum Gasteiger partial charge on any atom is 0.281 e. The zero-order valence-corrected chi connectivity index (χ0v) is 15.4. The summed E-state index contributed by atoms with van der Waals surface area (Å²) in [6, 6.07) is 18.0. The first-order chi connectivity index (χ1) is 13.3. The molecule has 0 aliphatic rings. The van der Waals surface area contributed by atoms with E-state index in [4.69, 9.17) is 0 Å². The monoisotopic (exact) mass is 377 g/mol. The molecular formula is C21H19N3O2S. The fourth-order valence-electron chi connectivity index (χ4n) is 3.25. The van der Waals surface area contributed by atoms with Crippen LogP contribution < -0.4 is 5.43 Å². The highest BCUT2D eigenvalue weighted by Crippen LogP contribution is 2.29. The molecule has 2 aromatic carbocycles. The van der Waals surface area contributed by atoms with Crippen molar-refractivity contribution >= 4 is 45.3 Å². The van der Waals surface area contributed by atoms with Crippen LogP contribution in [-0.4, -0.2) is 28.4 Å². The Morgan fingerprint density at radius 1 is 1.11 bits per heavy atom. The molecule has 0 radical (unpaired) electrons. The predicted octanol–water partition coefficient (Wildman–Crippen LogP) is 4.00. The van der Waals surface area contributed by atoms with Crippen molar-refractivity contribution in [1.82, 2.24) is 9.99 Å². The molecule has 2 aromatic heterocycles. The lowest BCUT2D eigenvalue weighted by atomic mass is 10.1. The molecule has 2 heterocycles. The van der Waals surface area contributed by atoms with Gasteiger partial charge in [-0.25, -0.2) is 5.43 Å². The highest BCUT2D eigenvalue weighted by atomic mass is 32.1. The Morgan fingerprint density at radius 3 is 2.78 bits per heavy atom. The maximum atomic E-state index is 11.9. The third kappa shape index (κ3) is 3.49. The first-order valence-corrected chi connectivity index (χ1v) is 9.64. The molecule has 27 heavy (non-hydrogen) atoms. The van der Waals surface area contributed by atoms with Gasteiger partial charge in [-0.3, -0.25) is 4.79 Å². The summed E-state index contributed by atoms with van der Waals surface area (Å²) < 4.78 is 2.24. The molecule has 0 saturated heterocycles. The van der Waals surface area contributed by atoms with Crippen LogP contribution >= 0.6 is 11.3 Å². The molecule has 0 aliphatic carbocycles. The number of thiophene rings is 1. The number of amides is 1. The van der Waals surface area contributed by atoms with Crippen LogP contribution in [0.1, 0.15) is 21.7 Å². The molecule has 1 amide bonds. The van der Waals surface area contributed by atoms with E-state index >= 15 is 0 Å². The Morgan fingerprint density at radius 2 is 1.96 bits per heavy atom. The molecule has 2 N–H and O–H groups in total. The quantitative estimate of drug-likeness (QED) is 0.394. The van der Waals surface area contributed by atoms with Crippen molar-refractivity contribution in [3.05, 3.63) is 70.4 Å². The van der Waals surface area contributed by atoms with Crippen LogP contribution in [0.3, 0.4) is 0 Å². The van der Waals surface area contributed by atoms with Crippen molar-refractivity contribution in [2.24, 2.45) is 5.10 Å². The van der Waals surface area contributed by atoms with E-state index in [1.807, 2.05) is 29.6 Å². The van der Waals surface area contributed by atoms with E-state index in [0.717, 1.165) is 28.5 Å². The second-order valence-electron chi connectivity index (χ2n) is 6.20. The average Bonchev–Trinajstić information content (AvgIpc) is 3.33. The van der Waals surface area contributed by atoms with Crippen LogP contribution in [0, 0.1) is 0 Å². The second kappa shape index (κ2) is 7.73. The molecular weight excluding hydrogens is 358 g/mol. The van der Waals surface area contributed by atoms with E-state index < -0.39 is 0 Å². The summed E-state index contributed by atoms with van der Waals surface area (Å²) in [5.74, 6) is -0.206. The number of benzene rings is 2. The topological polar surface area (TPSA) is 66.6 Å². The number of aromatic nitrogens is 1. The van der Waals surface area contributed by atoms with Gasteiger partial charge in [0.1, 0.15) is 0 Å². The van der Waals surface area contributed by atoms with Crippen molar-refractivity contribution < 1.29 is 9.90 Å². The number of carbonyl (C=O) groups is 1. The number of aliphatic hydroxyl groups excluding tert-OH is 1. The van der Waals surface area contributed by atoms with Gasteiger partial charge in [0.2, 0.25) is 0 Å². The highest BCUT2D eigenvalue weighted by molar-refractivity contribution is 7.12. The largest absolute Gasteiger partial charge is 0.396 e. The number of fused-ring (bicyclic) bond motifs is 3. The van der Waals surface area contributed by atoms with Gasteiger partial charge in [0, 0.05) is 35.0 Å². The lowest BCUT2D eigenvalue weighted by Crippen LogP contribution is -2.16. The van der Waals surface area contributed by atoms with Gasteiger partial charge >= 0.3 is 0 Å². The number of para-hydroxylation sites is 1. The van der Waals surface area contributed by atoms with Crippen LogP contribution in [0.15, 0.2) is 65.1 Å². The van der Waals surface area contributed by atoms with E-state index in [-0.39, 0.29) is 12.5 Å². The molecule has 0 spiro atoms. The number of nitrogens with one attached hydrogen (secondary N) is 1. The Bertz CT molecular complexity index is 1110. The summed E-state index contributed by atoms with van der Waals surface area (Å²) in [5, 5.41) is 17.4. The molecule has 4 aromatic rings. The van der Waals surface area contributed by atoms with Crippen LogP contribution in [0.2, 0.25) is 0 Å². The van der Waals surface area contributed by atoms with Gasteiger partial charge in [-0.15, -0.1) is 11.3 Å². The molecule has 0 atom stereocenters. The zero-order valence-electron chi connectivity index (χ0n) is 14.6. The number of hydrazone groups is 1. The third-order valence-electron chi connectivity index (χ3n) is 4.46. The van der Waals surface area contributed by atoms with Gasteiger partial charge in [0.15, 0.2) is 0 Å². The van der Waals surface area contributed by atoms with Gasteiger partial charge in [0.05, 0.1) is 11.1 Å². The van der Waals surface area contributed by atoms with Gasteiger partial charge < -0.3 is 9.67 Å². The van der Waals surface area contributed by atoms with E-state index in [9.17, 15) is 9.90 Å². The molecule has 4 rings (SSSR count). The molecule has 0 fully saturated rings. The molecule has 136 valence electrons. The van der Waals surface area contributed by atoms with E-state index in [2.05, 4.69) is 39.4 Å². The smallest absolute Gasteiger partial charge is 0.281 e. The third-order valence-corrected chi connectivity index (χ3v) is 5.33.